The van der Waals surface area contributed by atoms with E-state index in [-0.39, 0.29) is 24.1 Å². The van der Waals surface area contributed by atoms with Crippen LogP contribution in [0.15, 0.2) is 24.3 Å². The Morgan fingerprint density at radius 2 is 2.19 bits per heavy atom. The van der Waals surface area contributed by atoms with Crippen molar-refractivity contribution in [2.24, 2.45) is 0 Å². The summed E-state index contributed by atoms with van der Waals surface area (Å²) in [5, 5.41) is 3.63. The molecular formula is C14H17FN4OS. The van der Waals surface area contributed by atoms with E-state index in [4.69, 9.17) is 5.73 Å². The second-order valence-corrected chi connectivity index (χ2v) is 5.52. The van der Waals surface area contributed by atoms with Crippen LogP contribution in [0.1, 0.15) is 22.2 Å². The summed E-state index contributed by atoms with van der Waals surface area (Å²) in [6.07, 6.45) is 0. The van der Waals surface area contributed by atoms with Crippen molar-refractivity contribution in [2.45, 2.75) is 13.5 Å². The van der Waals surface area contributed by atoms with Gasteiger partial charge in [-0.15, -0.1) is 0 Å². The summed E-state index contributed by atoms with van der Waals surface area (Å²) in [6, 6.07) is 6.38. The number of hydrogen-bond donors (Lipinski definition) is 2. The molecule has 1 amide bonds. The van der Waals surface area contributed by atoms with Gasteiger partial charge < -0.3 is 16.0 Å². The maximum absolute atomic E-state index is 13.6. The zero-order chi connectivity index (χ0) is 15.4. The van der Waals surface area contributed by atoms with Gasteiger partial charge in [0.05, 0.1) is 0 Å². The number of carbonyl (C=O) groups excluding carboxylic acids is 1. The van der Waals surface area contributed by atoms with Gasteiger partial charge in [-0.3, -0.25) is 4.79 Å². The number of nitrogens with two attached hydrogens (primary N) is 1. The molecule has 0 saturated carbocycles. The predicted octanol–water partition coefficient (Wildman–Crippen LogP) is 2.57. The molecule has 1 heterocycles. The van der Waals surface area contributed by atoms with Crippen molar-refractivity contribution >= 4 is 28.2 Å². The van der Waals surface area contributed by atoms with Gasteiger partial charge in [0, 0.05) is 25.7 Å². The maximum atomic E-state index is 13.6. The molecule has 0 spiro atoms. The first-order valence-corrected chi connectivity index (χ1v) is 7.33. The van der Waals surface area contributed by atoms with Gasteiger partial charge in [-0.05, 0) is 13.0 Å². The maximum Gasteiger partial charge on any atom is 0.267 e. The zero-order valence-corrected chi connectivity index (χ0v) is 12.7. The Morgan fingerprint density at radius 1 is 1.48 bits per heavy atom. The number of benzene rings is 1. The van der Waals surface area contributed by atoms with Crippen LogP contribution >= 0.6 is 11.3 Å². The van der Waals surface area contributed by atoms with E-state index in [9.17, 15) is 9.18 Å². The highest BCUT2D eigenvalue weighted by Crippen LogP contribution is 2.26. The van der Waals surface area contributed by atoms with Gasteiger partial charge in [0.2, 0.25) is 0 Å². The lowest BCUT2D eigenvalue weighted by Crippen LogP contribution is -2.26. The molecule has 1 aromatic heterocycles. The minimum absolute atomic E-state index is 0.180. The SMILES string of the molecule is CCNc1nc(N)c(C(=O)N(C)Cc2ccccc2F)s1. The van der Waals surface area contributed by atoms with Crippen molar-refractivity contribution in [3.05, 3.63) is 40.5 Å². The lowest BCUT2D eigenvalue weighted by Gasteiger charge is -2.16. The first kappa shape index (κ1) is 15.2. The van der Waals surface area contributed by atoms with Crippen molar-refractivity contribution in [2.75, 3.05) is 24.6 Å². The van der Waals surface area contributed by atoms with Crippen LogP contribution in [0.25, 0.3) is 0 Å². The number of carbonyl (C=O) groups is 1. The molecule has 0 fully saturated rings. The molecule has 0 atom stereocenters. The third kappa shape index (κ3) is 3.49. The van der Waals surface area contributed by atoms with Gasteiger partial charge in [0.25, 0.3) is 5.91 Å². The number of hydrogen-bond acceptors (Lipinski definition) is 5. The van der Waals surface area contributed by atoms with Crippen LogP contribution in [0.3, 0.4) is 0 Å². The second-order valence-electron chi connectivity index (χ2n) is 4.52. The summed E-state index contributed by atoms with van der Waals surface area (Å²) >= 11 is 1.20. The molecule has 0 aliphatic heterocycles. The van der Waals surface area contributed by atoms with E-state index in [0.29, 0.717) is 22.1 Å². The normalized spacial score (nSPS) is 10.4. The molecule has 3 N–H and O–H groups in total. The molecule has 1 aromatic carbocycles. The minimum atomic E-state index is -0.331. The van der Waals surface area contributed by atoms with Gasteiger partial charge in [0.15, 0.2) is 5.13 Å². The second kappa shape index (κ2) is 6.53. The number of amides is 1. The Hall–Kier alpha value is -2.15. The number of rotatable bonds is 5. The van der Waals surface area contributed by atoms with Crippen molar-refractivity contribution in [3.63, 3.8) is 0 Å². The minimum Gasteiger partial charge on any atom is -0.382 e. The Kier molecular flexibility index (Phi) is 4.74. The summed E-state index contributed by atoms with van der Waals surface area (Å²) < 4.78 is 13.6. The number of thiazole rings is 1. The van der Waals surface area contributed by atoms with Crippen LogP contribution in [0.5, 0.6) is 0 Å². The molecule has 7 heteroatoms. The lowest BCUT2D eigenvalue weighted by atomic mass is 10.2. The fourth-order valence-corrected chi connectivity index (χ4v) is 2.79. The predicted molar refractivity (Wildman–Crippen MR) is 82.9 cm³/mol. The molecule has 0 aliphatic carbocycles. The average molecular weight is 308 g/mol. The Labute approximate surface area is 126 Å². The van der Waals surface area contributed by atoms with Crippen LogP contribution in [-0.2, 0) is 6.54 Å². The summed E-state index contributed by atoms with van der Waals surface area (Å²) in [6.45, 7) is 2.81. The highest BCUT2D eigenvalue weighted by atomic mass is 32.1. The largest absolute Gasteiger partial charge is 0.382 e. The summed E-state index contributed by atoms with van der Waals surface area (Å²) in [5.74, 6) is -0.401. The number of aromatic nitrogens is 1. The van der Waals surface area contributed by atoms with Crippen molar-refractivity contribution in [1.29, 1.82) is 0 Å². The van der Waals surface area contributed by atoms with E-state index in [0.717, 1.165) is 0 Å². The molecule has 0 radical (unpaired) electrons. The number of nitrogens with zero attached hydrogens (tertiary/aromatic N) is 2. The standard InChI is InChI=1S/C14H17FN4OS/c1-3-17-14-18-12(16)11(21-14)13(20)19(2)8-9-6-4-5-7-10(9)15/h4-7H,3,8,16H2,1-2H3,(H,17,18). The number of halogens is 1. The van der Waals surface area contributed by atoms with Gasteiger partial charge in [-0.25, -0.2) is 9.37 Å². The lowest BCUT2D eigenvalue weighted by molar-refractivity contribution is 0.0789. The van der Waals surface area contributed by atoms with Gasteiger partial charge >= 0.3 is 0 Å². The van der Waals surface area contributed by atoms with Crippen LogP contribution in [0, 0.1) is 5.82 Å². The zero-order valence-electron chi connectivity index (χ0n) is 11.9. The smallest absolute Gasteiger partial charge is 0.267 e. The van der Waals surface area contributed by atoms with E-state index in [1.165, 1.54) is 22.3 Å². The number of anilines is 2. The quantitative estimate of drug-likeness (QED) is 0.890. The van der Waals surface area contributed by atoms with E-state index in [1.54, 1.807) is 25.2 Å². The van der Waals surface area contributed by atoms with Crippen LogP contribution in [-0.4, -0.2) is 29.4 Å². The van der Waals surface area contributed by atoms with Crippen molar-refractivity contribution < 1.29 is 9.18 Å². The van der Waals surface area contributed by atoms with Crippen molar-refractivity contribution in [3.8, 4) is 0 Å². The van der Waals surface area contributed by atoms with Gasteiger partial charge in [-0.1, -0.05) is 29.5 Å². The number of nitrogens with one attached hydrogen (secondary N) is 1. The fraction of sp³-hybridized carbons (Fsp3) is 0.286. The third-order valence-corrected chi connectivity index (χ3v) is 3.90. The first-order chi connectivity index (χ1) is 10.0. The first-order valence-electron chi connectivity index (χ1n) is 6.52. The molecule has 0 unspecified atom stereocenters. The Balaban J connectivity index is 2.14. The molecular weight excluding hydrogens is 291 g/mol. The Bertz CT molecular complexity index is 644. The molecule has 21 heavy (non-hydrogen) atoms. The van der Waals surface area contributed by atoms with Crippen molar-refractivity contribution in [1.82, 2.24) is 9.88 Å². The number of nitrogen functional groups attached to an aromatic ring is 1. The highest BCUT2D eigenvalue weighted by molar-refractivity contribution is 7.18. The van der Waals surface area contributed by atoms with E-state index in [1.807, 2.05) is 6.92 Å². The molecule has 5 nitrogen and oxygen atoms in total. The molecule has 2 rings (SSSR count). The highest BCUT2D eigenvalue weighted by Gasteiger charge is 2.20. The monoisotopic (exact) mass is 308 g/mol. The Morgan fingerprint density at radius 3 is 2.86 bits per heavy atom. The summed E-state index contributed by atoms with van der Waals surface area (Å²) in [7, 11) is 1.61. The van der Waals surface area contributed by atoms with E-state index in [2.05, 4.69) is 10.3 Å². The molecule has 0 bridgehead atoms. The average Bonchev–Trinajstić information content (AvgIpc) is 2.81. The molecule has 112 valence electrons. The topological polar surface area (TPSA) is 71.2 Å². The summed E-state index contributed by atoms with van der Waals surface area (Å²) in [4.78, 5) is 18.3. The van der Waals surface area contributed by atoms with Crippen LogP contribution in [0.4, 0.5) is 15.3 Å². The van der Waals surface area contributed by atoms with Crippen LogP contribution in [0.2, 0.25) is 0 Å². The molecule has 2 aromatic rings. The molecule has 0 aliphatic rings. The molecule has 0 saturated heterocycles. The van der Waals surface area contributed by atoms with E-state index < -0.39 is 0 Å². The fourth-order valence-electron chi connectivity index (χ4n) is 1.84. The van der Waals surface area contributed by atoms with Gasteiger partial charge in [-0.2, -0.15) is 0 Å². The summed E-state index contributed by atoms with van der Waals surface area (Å²) in [5.41, 5.74) is 6.23. The van der Waals surface area contributed by atoms with E-state index >= 15 is 0 Å². The third-order valence-electron chi connectivity index (χ3n) is 2.89. The van der Waals surface area contributed by atoms with Crippen LogP contribution < -0.4 is 11.1 Å². The van der Waals surface area contributed by atoms with Gasteiger partial charge in [0.1, 0.15) is 16.5 Å².